The van der Waals surface area contributed by atoms with E-state index in [-0.39, 0.29) is 12.6 Å². The Balaban J connectivity index is 1.80. The van der Waals surface area contributed by atoms with Gasteiger partial charge in [0, 0.05) is 46.8 Å². The van der Waals surface area contributed by atoms with Gasteiger partial charge in [-0.25, -0.2) is 0 Å². The molecule has 164 valence electrons. The number of nitrogens with one attached hydrogen (secondary N) is 1. The summed E-state index contributed by atoms with van der Waals surface area (Å²) in [4.78, 5) is 19.4. The van der Waals surface area contributed by atoms with Crippen LogP contribution in [0.15, 0.2) is 33.9 Å². The van der Waals surface area contributed by atoms with Crippen LogP contribution >= 0.6 is 22.6 Å². The van der Waals surface area contributed by atoms with Crippen LogP contribution in [0.2, 0.25) is 0 Å². The molecular weight excluding hydrogens is 495 g/mol. The Hall–Kier alpha value is -1.26. The summed E-state index contributed by atoms with van der Waals surface area (Å²) in [6.07, 6.45) is 3.37. The number of para-hydroxylation sites is 1. The molecule has 1 aromatic heterocycles. The van der Waals surface area contributed by atoms with E-state index in [1.807, 2.05) is 13.0 Å². The van der Waals surface area contributed by atoms with Crippen LogP contribution in [0.1, 0.15) is 31.5 Å². The number of rotatable bonds is 11. The lowest BCUT2D eigenvalue weighted by atomic mass is 9.81. The normalized spacial score (nSPS) is 19.9. The van der Waals surface area contributed by atoms with Crippen LogP contribution < -0.4 is 0 Å². The number of carbonyl (C=O) groups excluding carboxylic acids is 1. The van der Waals surface area contributed by atoms with E-state index in [9.17, 15) is 4.79 Å². The van der Waals surface area contributed by atoms with E-state index in [4.69, 9.17) is 14.2 Å². The third-order valence-electron chi connectivity index (χ3n) is 5.83. The molecule has 0 saturated carbocycles. The van der Waals surface area contributed by atoms with Gasteiger partial charge in [-0.1, -0.05) is 24.3 Å². The molecule has 2 aromatic rings. The maximum atomic E-state index is 13.6. The lowest BCUT2D eigenvalue weighted by Crippen LogP contribution is -2.54. The number of halogens is 1. The van der Waals surface area contributed by atoms with Gasteiger partial charge < -0.3 is 19.2 Å². The number of methoxy groups -OCH3 is 1. The van der Waals surface area contributed by atoms with Crippen molar-refractivity contribution in [2.24, 2.45) is 0 Å². The Morgan fingerprint density at radius 3 is 2.80 bits per heavy atom. The Bertz CT molecular complexity index is 894. The first-order valence-electron chi connectivity index (χ1n) is 10.4. The third-order valence-corrected chi connectivity index (χ3v) is 6.80. The molecule has 6 nitrogen and oxygen atoms in total. The molecule has 2 heterocycles. The van der Waals surface area contributed by atoms with Crippen molar-refractivity contribution in [2.45, 2.75) is 32.2 Å². The third kappa shape index (κ3) is 4.96. The molecule has 30 heavy (non-hydrogen) atoms. The number of fused-ring (bicyclic) bond motifs is 3. The number of carbonyl (C=O) groups is 1. The standard InChI is InChI=1S/C23H31IN2O4/c1-4-17(24)15-26-11-9-19-18-7-5-6-8-20(18)25-22(19)23(26,2)21(27)10-12-29-16-30-14-13-28-3/h4-8,25H,9-16H2,1-3H3/b17-4-. The van der Waals surface area contributed by atoms with Gasteiger partial charge in [0.05, 0.1) is 19.8 Å². The number of nitrogens with zero attached hydrogens (tertiary/aromatic N) is 1. The summed E-state index contributed by atoms with van der Waals surface area (Å²) in [7, 11) is 1.63. The number of benzene rings is 1. The van der Waals surface area contributed by atoms with E-state index in [1.54, 1.807) is 7.11 Å². The van der Waals surface area contributed by atoms with Crippen molar-refractivity contribution >= 4 is 39.3 Å². The summed E-state index contributed by atoms with van der Waals surface area (Å²) < 4.78 is 17.0. The van der Waals surface area contributed by atoms with Crippen LogP contribution in [-0.4, -0.2) is 62.5 Å². The fourth-order valence-corrected chi connectivity index (χ4v) is 4.47. The molecule has 1 unspecified atom stereocenters. The first-order valence-corrected chi connectivity index (χ1v) is 11.4. The number of hydrogen-bond donors (Lipinski definition) is 1. The average Bonchev–Trinajstić information content (AvgIpc) is 3.14. The Labute approximate surface area is 192 Å². The molecule has 0 aliphatic carbocycles. The molecule has 1 aromatic carbocycles. The van der Waals surface area contributed by atoms with E-state index in [1.165, 1.54) is 14.5 Å². The van der Waals surface area contributed by atoms with Gasteiger partial charge in [-0.15, -0.1) is 0 Å². The largest absolute Gasteiger partial charge is 0.382 e. The van der Waals surface area contributed by atoms with E-state index in [0.717, 1.165) is 30.7 Å². The predicted molar refractivity (Wildman–Crippen MR) is 127 cm³/mol. The second-order valence-corrected chi connectivity index (χ2v) is 8.99. The quantitative estimate of drug-likeness (QED) is 0.271. The summed E-state index contributed by atoms with van der Waals surface area (Å²) in [5.41, 5.74) is 2.66. The minimum absolute atomic E-state index is 0.159. The zero-order chi connectivity index (χ0) is 21.6. The number of aromatic amines is 1. The lowest BCUT2D eigenvalue weighted by Gasteiger charge is -2.43. The molecule has 0 fully saturated rings. The monoisotopic (exact) mass is 526 g/mol. The molecule has 7 heteroatoms. The maximum absolute atomic E-state index is 13.6. The van der Waals surface area contributed by atoms with E-state index < -0.39 is 5.54 Å². The van der Waals surface area contributed by atoms with Gasteiger partial charge in [0.15, 0.2) is 5.78 Å². The van der Waals surface area contributed by atoms with Crippen LogP contribution in [0.3, 0.4) is 0 Å². The van der Waals surface area contributed by atoms with Crippen LogP contribution in [0, 0.1) is 0 Å². The minimum atomic E-state index is -0.716. The molecule has 1 atom stereocenters. The highest BCUT2D eigenvalue weighted by molar-refractivity contribution is 14.1. The highest BCUT2D eigenvalue weighted by atomic mass is 127. The maximum Gasteiger partial charge on any atom is 0.161 e. The summed E-state index contributed by atoms with van der Waals surface area (Å²) in [6, 6.07) is 8.31. The van der Waals surface area contributed by atoms with Crippen LogP contribution in [0.4, 0.5) is 0 Å². The molecule has 0 spiro atoms. The van der Waals surface area contributed by atoms with Gasteiger partial charge in [-0.05, 0) is 54.5 Å². The Morgan fingerprint density at radius 2 is 2.03 bits per heavy atom. The number of H-pyrrole nitrogens is 1. The number of ether oxygens (including phenoxy) is 3. The van der Waals surface area contributed by atoms with Crippen molar-refractivity contribution in [1.82, 2.24) is 9.88 Å². The summed E-state index contributed by atoms with van der Waals surface area (Å²) >= 11 is 2.36. The van der Waals surface area contributed by atoms with Gasteiger partial charge >= 0.3 is 0 Å². The summed E-state index contributed by atoms with van der Waals surface area (Å²) in [6.45, 7) is 7.22. The molecule has 1 N–H and O–H groups in total. The van der Waals surface area contributed by atoms with Gasteiger partial charge in [-0.2, -0.15) is 0 Å². The average molecular weight is 526 g/mol. The van der Waals surface area contributed by atoms with Crippen LogP contribution in [-0.2, 0) is 31.0 Å². The first kappa shape index (κ1) is 23.4. The fraction of sp³-hybridized carbons (Fsp3) is 0.522. The van der Waals surface area contributed by atoms with Crippen LogP contribution in [0.25, 0.3) is 10.9 Å². The number of allylic oxidation sites excluding steroid dienone is 1. The molecule has 0 radical (unpaired) electrons. The molecule has 0 amide bonds. The van der Waals surface area contributed by atoms with Crippen molar-refractivity contribution in [2.75, 3.05) is 46.8 Å². The van der Waals surface area contributed by atoms with Crippen molar-refractivity contribution in [3.8, 4) is 0 Å². The highest BCUT2D eigenvalue weighted by Crippen LogP contribution is 2.40. The summed E-state index contributed by atoms with van der Waals surface area (Å²) in [5.74, 6) is 0.159. The van der Waals surface area contributed by atoms with Crippen LogP contribution in [0.5, 0.6) is 0 Å². The molecule has 1 aliphatic heterocycles. The fourth-order valence-electron chi connectivity index (χ4n) is 4.06. The number of Topliss-reactive ketones (excluding diaryl/α,β-unsaturated/α-hetero) is 1. The zero-order valence-corrected chi connectivity index (χ0v) is 20.2. The smallest absolute Gasteiger partial charge is 0.161 e. The first-order chi connectivity index (χ1) is 14.5. The SMILES string of the molecule is C/C=C(\I)CN1CCc2c([nH]c3ccccc23)C1(C)C(=O)CCOCOCCOC. The van der Waals surface area contributed by atoms with Gasteiger partial charge in [0.1, 0.15) is 12.3 Å². The van der Waals surface area contributed by atoms with Crippen molar-refractivity contribution in [3.05, 3.63) is 45.2 Å². The van der Waals surface area contributed by atoms with E-state index in [0.29, 0.717) is 26.2 Å². The van der Waals surface area contributed by atoms with Gasteiger partial charge in [0.25, 0.3) is 0 Å². The zero-order valence-electron chi connectivity index (χ0n) is 18.0. The lowest BCUT2D eigenvalue weighted by molar-refractivity contribution is -0.134. The number of ketones is 1. The molecule has 3 rings (SSSR count). The molecule has 0 saturated heterocycles. The Kier molecular flexibility index (Phi) is 8.47. The van der Waals surface area contributed by atoms with Crippen molar-refractivity contribution < 1.29 is 19.0 Å². The van der Waals surface area contributed by atoms with Gasteiger partial charge in [0.2, 0.25) is 0 Å². The second-order valence-electron chi connectivity index (χ2n) is 7.60. The number of hydrogen-bond acceptors (Lipinski definition) is 5. The highest BCUT2D eigenvalue weighted by Gasteiger charge is 2.46. The van der Waals surface area contributed by atoms with E-state index in [2.05, 4.69) is 63.7 Å². The van der Waals surface area contributed by atoms with E-state index >= 15 is 0 Å². The molecular formula is C23H31IN2O4. The second kappa shape index (κ2) is 10.9. The van der Waals surface area contributed by atoms with Gasteiger partial charge in [-0.3, -0.25) is 9.69 Å². The molecule has 1 aliphatic rings. The molecule has 0 bridgehead atoms. The Morgan fingerprint density at radius 1 is 1.27 bits per heavy atom. The number of aromatic nitrogens is 1. The minimum Gasteiger partial charge on any atom is -0.382 e. The topological polar surface area (TPSA) is 63.8 Å². The summed E-state index contributed by atoms with van der Waals surface area (Å²) in [5, 5.41) is 1.22. The van der Waals surface area contributed by atoms with Crippen molar-refractivity contribution in [3.63, 3.8) is 0 Å². The van der Waals surface area contributed by atoms with Crippen molar-refractivity contribution in [1.29, 1.82) is 0 Å². The predicted octanol–water partition coefficient (Wildman–Crippen LogP) is 4.18.